The average molecular weight is 300 g/mol. The number of nitrogens with zero attached hydrogens (tertiary/aromatic N) is 4. The van der Waals surface area contributed by atoms with Crippen molar-refractivity contribution < 1.29 is 0 Å². The highest BCUT2D eigenvalue weighted by atomic mass is 16.1. The van der Waals surface area contributed by atoms with Crippen molar-refractivity contribution in [3.63, 3.8) is 0 Å². The second kappa shape index (κ2) is 5.75. The first-order chi connectivity index (χ1) is 11.1. The molecule has 0 atom stereocenters. The first-order valence-corrected chi connectivity index (χ1v) is 6.95. The number of pyridine rings is 1. The third-order valence-corrected chi connectivity index (χ3v) is 3.50. The van der Waals surface area contributed by atoms with Crippen molar-refractivity contribution in [3.05, 3.63) is 69.5 Å². The monoisotopic (exact) mass is 300 g/mol. The lowest BCUT2D eigenvalue weighted by atomic mass is 10.1. The summed E-state index contributed by atoms with van der Waals surface area (Å²) in [7, 11) is 1.70. The Balaban J connectivity index is 2.06. The lowest BCUT2D eigenvalue weighted by Crippen LogP contribution is -2.20. The molecule has 2 aromatic heterocycles. The Bertz CT molecular complexity index is 1080. The summed E-state index contributed by atoms with van der Waals surface area (Å²) >= 11 is 0. The van der Waals surface area contributed by atoms with Gasteiger partial charge in [-0.1, -0.05) is 12.0 Å². The number of benzene rings is 1. The Hall–Kier alpha value is -3.44. The second-order valence-electron chi connectivity index (χ2n) is 5.02. The summed E-state index contributed by atoms with van der Waals surface area (Å²) in [6, 6.07) is 12.4. The SMILES string of the molecule is Cc1nc2cc(C#Cc3cccc(C#N)n3)ccc2c(=O)n1C. The topological polar surface area (TPSA) is 71.6 Å². The maximum absolute atomic E-state index is 12.2. The van der Waals surface area contributed by atoms with E-state index in [9.17, 15) is 4.79 Å². The highest BCUT2D eigenvalue weighted by molar-refractivity contribution is 5.79. The van der Waals surface area contributed by atoms with Crippen LogP contribution in [0, 0.1) is 30.1 Å². The van der Waals surface area contributed by atoms with Gasteiger partial charge in [-0.25, -0.2) is 9.97 Å². The van der Waals surface area contributed by atoms with Gasteiger partial charge in [0.15, 0.2) is 0 Å². The van der Waals surface area contributed by atoms with Crippen LogP contribution in [0.5, 0.6) is 0 Å². The van der Waals surface area contributed by atoms with Crippen LogP contribution in [0.1, 0.15) is 22.8 Å². The van der Waals surface area contributed by atoms with Gasteiger partial charge in [-0.3, -0.25) is 9.36 Å². The van der Waals surface area contributed by atoms with E-state index >= 15 is 0 Å². The third-order valence-electron chi connectivity index (χ3n) is 3.50. The summed E-state index contributed by atoms with van der Waals surface area (Å²) in [6.07, 6.45) is 0. The van der Waals surface area contributed by atoms with E-state index in [4.69, 9.17) is 5.26 Å². The van der Waals surface area contributed by atoms with E-state index in [0.717, 1.165) is 5.56 Å². The van der Waals surface area contributed by atoms with Crippen LogP contribution in [-0.4, -0.2) is 14.5 Å². The van der Waals surface area contributed by atoms with Crippen molar-refractivity contribution in [1.82, 2.24) is 14.5 Å². The normalized spacial score (nSPS) is 9.96. The standard InChI is InChI=1S/C18H12N4O/c1-12-20-17-10-13(7-9-16(17)18(23)22(12)2)6-8-14-4-3-5-15(11-19)21-14/h3-5,7,9-10H,1-2H3. The summed E-state index contributed by atoms with van der Waals surface area (Å²) in [5.41, 5.74) is 2.14. The van der Waals surface area contributed by atoms with Crippen LogP contribution in [0.4, 0.5) is 0 Å². The molecule has 2 heterocycles. The van der Waals surface area contributed by atoms with Crippen molar-refractivity contribution in [2.75, 3.05) is 0 Å². The molecule has 3 aromatic rings. The van der Waals surface area contributed by atoms with Crippen molar-refractivity contribution >= 4 is 10.9 Å². The molecule has 0 aliphatic heterocycles. The highest BCUT2D eigenvalue weighted by Gasteiger charge is 2.05. The fourth-order valence-corrected chi connectivity index (χ4v) is 2.16. The van der Waals surface area contributed by atoms with Crippen molar-refractivity contribution in [2.24, 2.45) is 7.05 Å². The number of rotatable bonds is 0. The molecular weight excluding hydrogens is 288 g/mol. The molecule has 3 rings (SSSR count). The number of aryl methyl sites for hydroxylation is 1. The van der Waals surface area contributed by atoms with Crippen LogP contribution in [0.15, 0.2) is 41.2 Å². The predicted molar refractivity (Wildman–Crippen MR) is 86.7 cm³/mol. The van der Waals surface area contributed by atoms with E-state index in [0.29, 0.717) is 28.1 Å². The average Bonchev–Trinajstić information content (AvgIpc) is 2.58. The minimum atomic E-state index is -0.0737. The van der Waals surface area contributed by atoms with Crippen molar-refractivity contribution in [1.29, 1.82) is 5.26 Å². The fraction of sp³-hybridized carbons (Fsp3) is 0.111. The smallest absolute Gasteiger partial charge is 0.261 e. The largest absolute Gasteiger partial charge is 0.299 e. The Morgan fingerprint density at radius 1 is 1.09 bits per heavy atom. The van der Waals surface area contributed by atoms with Crippen LogP contribution in [-0.2, 0) is 7.05 Å². The van der Waals surface area contributed by atoms with Crippen LogP contribution in [0.3, 0.4) is 0 Å². The lowest BCUT2D eigenvalue weighted by molar-refractivity contribution is 0.792. The quantitative estimate of drug-likeness (QED) is 0.595. The molecule has 0 aliphatic rings. The molecule has 0 saturated heterocycles. The molecular formula is C18H12N4O. The summed E-state index contributed by atoms with van der Waals surface area (Å²) in [5, 5.41) is 9.40. The van der Waals surface area contributed by atoms with E-state index in [1.807, 2.05) is 6.07 Å². The number of hydrogen-bond donors (Lipinski definition) is 0. The van der Waals surface area contributed by atoms with Gasteiger partial charge < -0.3 is 0 Å². The molecule has 0 saturated carbocycles. The van der Waals surface area contributed by atoms with Gasteiger partial charge in [0.2, 0.25) is 0 Å². The number of aromatic nitrogens is 3. The molecule has 0 radical (unpaired) electrons. The summed E-state index contributed by atoms with van der Waals surface area (Å²) in [5.74, 6) is 6.55. The van der Waals surface area contributed by atoms with Gasteiger partial charge in [-0.2, -0.15) is 5.26 Å². The van der Waals surface area contributed by atoms with E-state index < -0.39 is 0 Å². The molecule has 110 valence electrons. The first kappa shape index (κ1) is 14.5. The van der Waals surface area contributed by atoms with Gasteiger partial charge in [-0.05, 0) is 43.2 Å². The van der Waals surface area contributed by atoms with E-state index in [-0.39, 0.29) is 5.56 Å². The second-order valence-corrected chi connectivity index (χ2v) is 5.02. The van der Waals surface area contributed by atoms with Crippen LogP contribution in [0.2, 0.25) is 0 Å². The number of hydrogen-bond acceptors (Lipinski definition) is 4. The molecule has 0 aliphatic carbocycles. The van der Waals surface area contributed by atoms with Crippen LogP contribution in [0.25, 0.3) is 10.9 Å². The Morgan fingerprint density at radius 3 is 2.65 bits per heavy atom. The molecule has 0 N–H and O–H groups in total. The zero-order chi connectivity index (χ0) is 16.4. The maximum Gasteiger partial charge on any atom is 0.261 e. The predicted octanol–water partition coefficient (Wildman–Crippen LogP) is 1.91. The Kier molecular flexibility index (Phi) is 3.62. The summed E-state index contributed by atoms with van der Waals surface area (Å²) in [4.78, 5) is 20.7. The molecule has 1 aromatic carbocycles. The summed E-state index contributed by atoms with van der Waals surface area (Å²) in [6.45, 7) is 1.79. The molecule has 0 fully saturated rings. The molecule has 23 heavy (non-hydrogen) atoms. The molecule has 5 heteroatoms. The first-order valence-electron chi connectivity index (χ1n) is 6.95. The van der Waals surface area contributed by atoms with E-state index in [1.165, 1.54) is 4.57 Å². The Morgan fingerprint density at radius 2 is 1.87 bits per heavy atom. The van der Waals surface area contributed by atoms with Gasteiger partial charge in [0, 0.05) is 12.6 Å². The van der Waals surface area contributed by atoms with E-state index in [1.54, 1.807) is 50.4 Å². The van der Waals surface area contributed by atoms with Crippen molar-refractivity contribution in [2.45, 2.75) is 6.92 Å². The number of nitriles is 1. The minimum Gasteiger partial charge on any atom is -0.299 e. The third kappa shape index (κ3) is 2.81. The molecule has 0 amide bonds. The molecule has 0 spiro atoms. The van der Waals surface area contributed by atoms with Crippen LogP contribution >= 0.6 is 0 Å². The highest BCUT2D eigenvalue weighted by Crippen LogP contribution is 2.10. The van der Waals surface area contributed by atoms with Crippen LogP contribution < -0.4 is 5.56 Å². The minimum absolute atomic E-state index is 0.0737. The fourth-order valence-electron chi connectivity index (χ4n) is 2.16. The molecule has 5 nitrogen and oxygen atoms in total. The lowest BCUT2D eigenvalue weighted by Gasteiger charge is -2.04. The van der Waals surface area contributed by atoms with Gasteiger partial charge in [-0.15, -0.1) is 0 Å². The number of fused-ring (bicyclic) bond motifs is 1. The Labute approximate surface area is 132 Å². The zero-order valence-corrected chi connectivity index (χ0v) is 12.7. The van der Waals surface area contributed by atoms with E-state index in [2.05, 4.69) is 21.8 Å². The maximum atomic E-state index is 12.2. The van der Waals surface area contributed by atoms with Gasteiger partial charge in [0.1, 0.15) is 23.3 Å². The molecule has 0 bridgehead atoms. The van der Waals surface area contributed by atoms with Gasteiger partial charge in [0.25, 0.3) is 5.56 Å². The summed E-state index contributed by atoms with van der Waals surface area (Å²) < 4.78 is 1.52. The zero-order valence-electron chi connectivity index (χ0n) is 12.7. The van der Waals surface area contributed by atoms with Crippen molar-refractivity contribution in [3.8, 4) is 17.9 Å². The molecule has 0 unspecified atom stereocenters. The van der Waals surface area contributed by atoms with Gasteiger partial charge in [0.05, 0.1) is 10.9 Å². The van der Waals surface area contributed by atoms with Gasteiger partial charge >= 0.3 is 0 Å².